The Morgan fingerprint density at radius 3 is 2.41 bits per heavy atom. The van der Waals surface area contributed by atoms with Crippen molar-refractivity contribution in [3.63, 3.8) is 0 Å². The van der Waals surface area contributed by atoms with E-state index in [2.05, 4.69) is 15.9 Å². The van der Waals surface area contributed by atoms with Gasteiger partial charge in [0.25, 0.3) is 11.8 Å². The molecule has 6 atom stereocenters. The van der Waals surface area contributed by atoms with Crippen molar-refractivity contribution in [3.05, 3.63) is 63.9 Å². The molecule has 10 nitrogen and oxygen atoms in total. The van der Waals surface area contributed by atoms with Crippen molar-refractivity contribution in [1.82, 2.24) is 4.90 Å². The first kappa shape index (κ1) is 30.5. The first-order valence-corrected chi connectivity index (χ1v) is 15.2. The number of carbonyl (C=O) groups is 5. The number of nitrogens with zero attached hydrogens (tertiary/aromatic N) is 2. The topological polar surface area (TPSA) is 142 Å². The lowest BCUT2D eigenvalue weighted by atomic mass is 9.56. The number of anilines is 1. The van der Waals surface area contributed by atoms with Crippen LogP contribution in [0.25, 0.3) is 0 Å². The van der Waals surface area contributed by atoms with Crippen LogP contribution in [0.15, 0.2) is 52.5 Å². The van der Waals surface area contributed by atoms with E-state index in [4.69, 9.17) is 27.9 Å². The van der Waals surface area contributed by atoms with E-state index in [1.807, 2.05) is 0 Å². The number of carboxylic acid groups (broad SMARTS) is 1. The Bertz CT molecular complexity index is 1690. The summed E-state index contributed by atoms with van der Waals surface area (Å²) < 4.78 is 19.3. The van der Waals surface area contributed by atoms with Gasteiger partial charge >= 0.3 is 5.97 Å². The van der Waals surface area contributed by atoms with Crippen molar-refractivity contribution in [2.24, 2.45) is 17.8 Å². The number of phenols is 1. The number of rotatable bonds is 6. The number of alkyl halides is 2. The van der Waals surface area contributed by atoms with Gasteiger partial charge in [-0.3, -0.25) is 28.9 Å². The van der Waals surface area contributed by atoms with Crippen LogP contribution in [0.2, 0.25) is 0 Å². The molecule has 14 heteroatoms. The molecule has 0 unspecified atom stereocenters. The fourth-order valence-corrected chi connectivity index (χ4v) is 8.58. The predicted octanol–water partition coefficient (Wildman–Crippen LogP) is 4.34. The summed E-state index contributed by atoms with van der Waals surface area (Å²) in [5.74, 6) is -8.60. The Labute approximate surface area is 268 Å². The van der Waals surface area contributed by atoms with Gasteiger partial charge in [0.2, 0.25) is 11.8 Å². The van der Waals surface area contributed by atoms with E-state index in [1.165, 1.54) is 31.4 Å². The third-order valence-electron chi connectivity index (χ3n) is 9.14. The Balaban J connectivity index is 1.54. The summed E-state index contributed by atoms with van der Waals surface area (Å²) in [6.45, 7) is -0.311. The van der Waals surface area contributed by atoms with Crippen molar-refractivity contribution in [2.45, 2.75) is 34.9 Å². The summed E-state index contributed by atoms with van der Waals surface area (Å²) in [4.78, 5) is 64.3. The van der Waals surface area contributed by atoms with Crippen LogP contribution in [0.4, 0.5) is 10.1 Å². The molecule has 2 heterocycles. The Kier molecular flexibility index (Phi) is 7.33. The van der Waals surface area contributed by atoms with Gasteiger partial charge in [0.1, 0.15) is 5.82 Å². The Morgan fingerprint density at radius 1 is 1.09 bits per heavy atom. The third kappa shape index (κ3) is 4.13. The van der Waals surface area contributed by atoms with Crippen LogP contribution in [0, 0.1) is 23.6 Å². The molecule has 2 N–H and O–H groups in total. The lowest BCUT2D eigenvalue weighted by Gasteiger charge is -2.50. The smallest absolute Gasteiger partial charge is 0.305 e. The summed E-state index contributed by atoms with van der Waals surface area (Å²) in [5.41, 5.74) is 0.879. The molecular weight excluding hydrogens is 686 g/mol. The van der Waals surface area contributed by atoms with Gasteiger partial charge in [-0.2, -0.15) is 0 Å². The summed E-state index contributed by atoms with van der Waals surface area (Å²) in [6, 6.07) is 7.64. The maximum atomic E-state index is 14.4. The maximum Gasteiger partial charge on any atom is 0.305 e. The van der Waals surface area contributed by atoms with Crippen LogP contribution < -0.4 is 9.64 Å². The lowest BCUT2D eigenvalue weighted by Crippen LogP contribution is -2.60. The van der Waals surface area contributed by atoms with E-state index in [0.29, 0.717) is 11.1 Å². The molecule has 230 valence electrons. The zero-order valence-corrected chi connectivity index (χ0v) is 26.0. The SMILES string of the molecule is COc1cc([C@H]2C3=CC[C@@H]4C(=O)N(CCC(=O)O)C(=O)[C@@H]4[C@@H]3C[C@@]3(Cl)C(=O)N(c4ccc(F)cc4)C(=O)[C@@]23Cl)cc(Br)c1O. The number of allylic oxidation sites excluding steroid dienone is 2. The van der Waals surface area contributed by atoms with E-state index in [1.54, 1.807) is 6.08 Å². The molecule has 2 aromatic carbocycles. The average Bonchev–Trinajstić information content (AvgIpc) is 3.31. The van der Waals surface area contributed by atoms with Crippen molar-refractivity contribution < 1.29 is 43.3 Å². The molecule has 4 aliphatic rings. The number of likely N-dealkylation sites (tertiary alicyclic amines) is 1. The number of halogens is 4. The van der Waals surface area contributed by atoms with Crippen molar-refractivity contribution in [2.75, 3.05) is 18.6 Å². The van der Waals surface area contributed by atoms with Crippen molar-refractivity contribution >= 4 is 74.4 Å². The first-order chi connectivity index (χ1) is 20.8. The number of fused-ring (bicyclic) bond motifs is 4. The number of aromatic hydroxyl groups is 1. The van der Waals surface area contributed by atoms with Crippen LogP contribution in [-0.4, -0.2) is 68.1 Å². The van der Waals surface area contributed by atoms with E-state index < -0.39 is 75.3 Å². The number of hydrogen-bond acceptors (Lipinski definition) is 7. The minimum atomic E-state index is -2.16. The van der Waals surface area contributed by atoms with Gasteiger partial charge in [-0.05, 0) is 76.7 Å². The largest absolute Gasteiger partial charge is 0.503 e. The highest BCUT2D eigenvalue weighted by atomic mass is 79.9. The van der Waals surface area contributed by atoms with Crippen LogP contribution in [-0.2, 0) is 24.0 Å². The Morgan fingerprint density at radius 2 is 1.77 bits per heavy atom. The number of ether oxygens (including phenoxy) is 1. The van der Waals surface area contributed by atoms with E-state index >= 15 is 0 Å². The molecule has 2 aromatic rings. The number of carboxylic acids is 1. The molecule has 3 fully saturated rings. The van der Waals surface area contributed by atoms with E-state index in [0.717, 1.165) is 21.9 Å². The summed E-state index contributed by atoms with van der Waals surface area (Å²) in [5, 5.41) is 19.7. The Hall–Kier alpha value is -3.48. The number of amides is 4. The number of carbonyl (C=O) groups excluding carboxylic acids is 4. The highest BCUT2D eigenvalue weighted by Gasteiger charge is 2.76. The minimum absolute atomic E-state index is 0.0327. The average molecular weight is 710 g/mol. The van der Waals surface area contributed by atoms with Gasteiger partial charge in [-0.25, -0.2) is 9.29 Å². The molecule has 0 radical (unpaired) electrons. The van der Waals surface area contributed by atoms with Crippen LogP contribution in [0.5, 0.6) is 11.5 Å². The molecule has 1 saturated carbocycles. The second-order valence-corrected chi connectivity index (χ2v) is 13.4. The number of benzene rings is 2. The molecule has 2 aliphatic heterocycles. The number of methoxy groups -OCH3 is 1. The van der Waals surface area contributed by atoms with Crippen molar-refractivity contribution in [1.29, 1.82) is 0 Å². The highest BCUT2D eigenvalue weighted by Crippen LogP contribution is 2.66. The normalized spacial score (nSPS) is 31.1. The summed E-state index contributed by atoms with van der Waals surface area (Å²) in [6.07, 6.45) is 1.11. The van der Waals surface area contributed by atoms with Gasteiger partial charge in [0.05, 0.1) is 35.5 Å². The van der Waals surface area contributed by atoms with Gasteiger partial charge in [0, 0.05) is 12.5 Å². The predicted molar refractivity (Wildman–Crippen MR) is 158 cm³/mol. The standard InChI is InChI=1S/C30H24BrCl2FN2O8/c1-44-20-11-13(10-19(31)24(20)39)23-16-6-7-17-22(26(41)35(25(17)40)9-8-21(37)38)18(16)12-29(32)27(42)36(28(43)30(23,29)33)15-4-2-14(34)3-5-15/h2-6,10-11,17-18,22-23,39H,7-9,12H2,1H3,(H,37,38)/t17-,18+,22-,23-,29+,30-/m0/s1. The molecule has 6 rings (SSSR count). The molecular formula is C30H24BrCl2FN2O8. The van der Waals surface area contributed by atoms with Gasteiger partial charge in [-0.15, -0.1) is 23.2 Å². The summed E-state index contributed by atoms with van der Waals surface area (Å²) >= 11 is 17.9. The van der Waals surface area contributed by atoms with Gasteiger partial charge in [0.15, 0.2) is 21.2 Å². The molecule has 2 saturated heterocycles. The molecule has 0 spiro atoms. The minimum Gasteiger partial charge on any atom is -0.503 e. The van der Waals surface area contributed by atoms with E-state index in [-0.39, 0.29) is 41.0 Å². The second kappa shape index (κ2) is 10.6. The quantitative estimate of drug-likeness (QED) is 0.257. The fraction of sp³-hybridized carbons (Fsp3) is 0.367. The molecule has 2 aliphatic carbocycles. The maximum absolute atomic E-state index is 14.4. The van der Waals surface area contributed by atoms with Crippen molar-refractivity contribution in [3.8, 4) is 11.5 Å². The second-order valence-electron chi connectivity index (χ2n) is 11.3. The molecule has 0 bridgehead atoms. The monoisotopic (exact) mass is 708 g/mol. The van der Waals surface area contributed by atoms with Crippen LogP contribution >= 0.6 is 39.1 Å². The lowest BCUT2D eigenvalue weighted by molar-refractivity contribution is -0.142. The molecule has 4 amide bonds. The zero-order chi connectivity index (χ0) is 31.9. The fourth-order valence-electron chi connectivity index (χ4n) is 7.18. The molecule has 0 aromatic heterocycles. The van der Waals surface area contributed by atoms with Gasteiger partial charge < -0.3 is 14.9 Å². The number of hydrogen-bond donors (Lipinski definition) is 2. The van der Waals surface area contributed by atoms with E-state index in [9.17, 15) is 38.6 Å². The number of imide groups is 2. The van der Waals surface area contributed by atoms with Crippen LogP contribution in [0.1, 0.15) is 30.7 Å². The number of aliphatic carboxylic acids is 1. The van der Waals surface area contributed by atoms with Gasteiger partial charge in [-0.1, -0.05) is 11.6 Å². The van der Waals surface area contributed by atoms with Crippen LogP contribution in [0.3, 0.4) is 0 Å². The highest BCUT2D eigenvalue weighted by molar-refractivity contribution is 9.10. The number of phenolic OH excluding ortho intramolecular Hbond substituents is 1. The zero-order valence-electron chi connectivity index (χ0n) is 22.9. The summed E-state index contributed by atoms with van der Waals surface area (Å²) in [7, 11) is 1.33. The third-order valence-corrected chi connectivity index (χ3v) is 11.2. The first-order valence-electron chi connectivity index (χ1n) is 13.6. The molecule has 44 heavy (non-hydrogen) atoms.